The summed E-state index contributed by atoms with van der Waals surface area (Å²) in [6, 6.07) is -1.58. The van der Waals surface area contributed by atoms with Crippen LogP contribution < -0.4 is 16.6 Å². The third kappa shape index (κ3) is 3.58. The predicted octanol–water partition coefficient (Wildman–Crippen LogP) is -1.71. The van der Waals surface area contributed by atoms with Crippen molar-refractivity contribution >= 4 is 17.1 Å². The van der Waals surface area contributed by atoms with Crippen LogP contribution in [0.1, 0.15) is 31.8 Å². The Morgan fingerprint density at radius 1 is 1.56 bits per heavy atom. The van der Waals surface area contributed by atoms with E-state index < -0.39 is 48.6 Å². The summed E-state index contributed by atoms with van der Waals surface area (Å²) in [6.45, 7) is 3.12. The van der Waals surface area contributed by atoms with Gasteiger partial charge in [0.15, 0.2) is 17.4 Å². The van der Waals surface area contributed by atoms with Gasteiger partial charge in [-0.05, 0) is 13.3 Å². The van der Waals surface area contributed by atoms with Crippen molar-refractivity contribution in [2.45, 2.75) is 57.2 Å². The number of aromatic amines is 1. The molecule has 0 saturated carbocycles. The van der Waals surface area contributed by atoms with Crippen LogP contribution in [0.25, 0.3) is 11.2 Å². The average molecular weight is 380 g/mol. The van der Waals surface area contributed by atoms with Crippen molar-refractivity contribution in [3.8, 4) is 0 Å². The van der Waals surface area contributed by atoms with Gasteiger partial charge in [0.1, 0.15) is 18.0 Å². The lowest BCUT2D eigenvalue weighted by molar-refractivity contribution is -0.124. The summed E-state index contributed by atoms with van der Waals surface area (Å²) in [5.41, 5.74) is 5.76. The molecule has 0 aliphatic carbocycles. The molecule has 3 rings (SSSR count). The van der Waals surface area contributed by atoms with E-state index in [1.807, 2.05) is 6.92 Å². The number of nitrogens with two attached hydrogens (primary N) is 1. The fourth-order valence-electron chi connectivity index (χ4n) is 3.24. The van der Waals surface area contributed by atoms with E-state index in [0.29, 0.717) is 12.2 Å². The van der Waals surface area contributed by atoms with E-state index in [-0.39, 0.29) is 11.2 Å². The third-order valence-electron chi connectivity index (χ3n) is 4.63. The largest absolute Gasteiger partial charge is 0.394 e. The van der Waals surface area contributed by atoms with Gasteiger partial charge < -0.3 is 31.0 Å². The van der Waals surface area contributed by atoms with Gasteiger partial charge in [0.25, 0.3) is 5.56 Å². The fraction of sp³-hybridized carbons (Fsp3) is 0.625. The molecule has 27 heavy (non-hydrogen) atoms. The lowest BCUT2D eigenvalue weighted by Gasteiger charge is -2.22. The molecule has 0 aromatic carbocycles. The molecule has 2 aromatic heterocycles. The number of aromatic nitrogens is 4. The van der Waals surface area contributed by atoms with Crippen molar-refractivity contribution in [2.75, 3.05) is 6.61 Å². The zero-order chi connectivity index (χ0) is 19.7. The molecular weight excluding hydrogens is 356 g/mol. The second-order valence-electron chi connectivity index (χ2n) is 6.64. The minimum absolute atomic E-state index is 0.106. The molecule has 5 atom stereocenters. The van der Waals surface area contributed by atoms with Gasteiger partial charge in [0.05, 0.1) is 25.0 Å². The van der Waals surface area contributed by atoms with Gasteiger partial charge in [-0.3, -0.25) is 14.2 Å². The monoisotopic (exact) mass is 380 g/mol. The third-order valence-corrected chi connectivity index (χ3v) is 4.63. The van der Waals surface area contributed by atoms with Crippen LogP contribution in [0.4, 0.5) is 0 Å². The van der Waals surface area contributed by atoms with Crippen molar-refractivity contribution in [1.82, 2.24) is 24.8 Å². The predicted molar refractivity (Wildman–Crippen MR) is 94.7 cm³/mol. The molecule has 148 valence electrons. The number of H-pyrrole nitrogens is 1. The zero-order valence-electron chi connectivity index (χ0n) is 15.1. The zero-order valence-corrected chi connectivity index (χ0v) is 15.1. The van der Waals surface area contributed by atoms with Crippen molar-refractivity contribution in [3.05, 3.63) is 22.5 Å². The van der Waals surface area contributed by atoms with Gasteiger partial charge >= 0.3 is 0 Å². The molecular formula is C16H24N6O5. The Hall–Kier alpha value is -2.34. The summed E-state index contributed by atoms with van der Waals surface area (Å²) in [5, 5.41) is 23.0. The van der Waals surface area contributed by atoms with Gasteiger partial charge in [-0.2, -0.15) is 0 Å². The van der Waals surface area contributed by atoms with Crippen molar-refractivity contribution in [3.63, 3.8) is 0 Å². The van der Waals surface area contributed by atoms with Crippen molar-refractivity contribution in [1.29, 1.82) is 0 Å². The quantitative estimate of drug-likeness (QED) is 0.395. The summed E-state index contributed by atoms with van der Waals surface area (Å²) < 4.78 is 7.14. The number of amides is 1. The first-order valence-corrected chi connectivity index (χ1v) is 8.81. The first kappa shape index (κ1) is 19.4. The van der Waals surface area contributed by atoms with Crippen LogP contribution in [0.3, 0.4) is 0 Å². The van der Waals surface area contributed by atoms with E-state index in [9.17, 15) is 19.8 Å². The number of hydrogen-bond acceptors (Lipinski definition) is 8. The Kier molecular flexibility index (Phi) is 5.56. The smallest absolute Gasteiger partial charge is 0.279 e. The number of carbonyl (C=O) groups excluding carboxylic acids is 1. The minimum atomic E-state index is -1.20. The highest BCUT2D eigenvalue weighted by molar-refractivity contribution is 5.81. The molecule has 0 bridgehead atoms. The van der Waals surface area contributed by atoms with E-state index in [1.54, 1.807) is 6.92 Å². The highest BCUT2D eigenvalue weighted by atomic mass is 16.5. The number of aliphatic hydroxyl groups is 2. The molecule has 11 nitrogen and oxygen atoms in total. The average Bonchev–Trinajstić information content (AvgIpc) is 3.17. The SMILES string of the molecule is CCCC(N)C(=O)N[C@@H]1C(O)[C@H](n2cnc3c(=O)[nH]c(C)nc32)O[C@@H]1CO. The summed E-state index contributed by atoms with van der Waals surface area (Å²) in [4.78, 5) is 35.0. The lowest BCUT2D eigenvalue weighted by Crippen LogP contribution is -2.53. The van der Waals surface area contributed by atoms with Crippen LogP contribution in [-0.2, 0) is 9.53 Å². The van der Waals surface area contributed by atoms with Crippen LogP contribution in [0.15, 0.2) is 11.1 Å². The van der Waals surface area contributed by atoms with E-state index in [1.165, 1.54) is 10.9 Å². The maximum absolute atomic E-state index is 12.2. The van der Waals surface area contributed by atoms with Crippen LogP contribution in [0.2, 0.25) is 0 Å². The minimum Gasteiger partial charge on any atom is -0.394 e. The molecule has 6 N–H and O–H groups in total. The maximum Gasteiger partial charge on any atom is 0.279 e. The summed E-state index contributed by atoms with van der Waals surface area (Å²) in [6.07, 6.45) is -0.441. The summed E-state index contributed by atoms with van der Waals surface area (Å²) >= 11 is 0. The van der Waals surface area contributed by atoms with Crippen LogP contribution in [-0.4, -0.2) is 66.5 Å². The first-order chi connectivity index (χ1) is 12.9. The van der Waals surface area contributed by atoms with Gasteiger partial charge in [0, 0.05) is 0 Å². The topological polar surface area (TPSA) is 168 Å². The van der Waals surface area contributed by atoms with E-state index in [2.05, 4.69) is 20.3 Å². The standard InChI is InChI=1S/C16H24N6O5/c1-3-4-8(17)14(25)21-10-9(5-23)27-16(12(10)24)22-6-18-11-13(22)19-7(2)20-15(11)26/h6,8-10,12,16,23-24H,3-5,17H2,1-2H3,(H,21,25)(H,19,20,26)/t8?,9-,10+,12?,16-/m1/s1. The number of carbonyl (C=O) groups is 1. The van der Waals surface area contributed by atoms with Crippen LogP contribution in [0, 0.1) is 6.92 Å². The van der Waals surface area contributed by atoms with Gasteiger partial charge in [0.2, 0.25) is 5.91 Å². The second kappa shape index (κ2) is 7.72. The van der Waals surface area contributed by atoms with E-state index in [0.717, 1.165) is 6.42 Å². The normalized spacial score (nSPS) is 26.4. The van der Waals surface area contributed by atoms with Gasteiger partial charge in [-0.25, -0.2) is 9.97 Å². The van der Waals surface area contributed by atoms with Crippen molar-refractivity contribution in [2.24, 2.45) is 5.73 Å². The number of aryl methyl sites for hydroxylation is 1. The Morgan fingerprint density at radius 2 is 2.30 bits per heavy atom. The number of nitrogens with zero attached hydrogens (tertiary/aromatic N) is 3. The molecule has 1 aliphatic heterocycles. The molecule has 3 heterocycles. The number of ether oxygens (including phenoxy) is 1. The molecule has 2 aromatic rings. The Bertz CT molecular complexity index is 880. The summed E-state index contributed by atoms with van der Waals surface area (Å²) in [7, 11) is 0. The van der Waals surface area contributed by atoms with Gasteiger partial charge in [-0.15, -0.1) is 0 Å². The lowest BCUT2D eigenvalue weighted by atomic mass is 10.1. The molecule has 1 saturated heterocycles. The molecule has 0 radical (unpaired) electrons. The number of aliphatic hydroxyl groups excluding tert-OH is 2. The number of fused-ring (bicyclic) bond motifs is 1. The van der Waals surface area contributed by atoms with Crippen LogP contribution >= 0.6 is 0 Å². The first-order valence-electron chi connectivity index (χ1n) is 8.81. The number of nitrogens with one attached hydrogen (secondary N) is 2. The highest BCUT2D eigenvalue weighted by Gasteiger charge is 2.46. The van der Waals surface area contributed by atoms with E-state index >= 15 is 0 Å². The molecule has 2 unspecified atom stereocenters. The Morgan fingerprint density at radius 3 is 2.96 bits per heavy atom. The molecule has 11 heteroatoms. The van der Waals surface area contributed by atoms with E-state index in [4.69, 9.17) is 10.5 Å². The Labute approximate surface area is 154 Å². The van der Waals surface area contributed by atoms with Crippen molar-refractivity contribution < 1.29 is 19.7 Å². The summed E-state index contributed by atoms with van der Waals surface area (Å²) in [5.74, 6) is -0.0414. The maximum atomic E-state index is 12.2. The number of rotatable bonds is 6. The Balaban J connectivity index is 1.88. The van der Waals surface area contributed by atoms with Gasteiger partial charge in [-0.1, -0.05) is 13.3 Å². The molecule has 0 spiro atoms. The second-order valence-corrected chi connectivity index (χ2v) is 6.64. The number of imidazole rings is 1. The highest BCUT2D eigenvalue weighted by Crippen LogP contribution is 2.31. The fourth-order valence-corrected chi connectivity index (χ4v) is 3.24. The number of hydrogen-bond donors (Lipinski definition) is 5. The molecule has 1 amide bonds. The van der Waals surface area contributed by atoms with Crippen LogP contribution in [0.5, 0.6) is 0 Å². The molecule has 1 fully saturated rings. The molecule has 1 aliphatic rings.